The van der Waals surface area contributed by atoms with Gasteiger partial charge in [-0.2, -0.15) is 0 Å². The molecule has 0 aromatic carbocycles. The second-order valence-electron chi connectivity index (χ2n) is 3.52. The first-order valence-electron chi connectivity index (χ1n) is 5.19. The second kappa shape index (κ2) is 6.64. The lowest BCUT2D eigenvalue weighted by atomic mass is 10.4. The van der Waals surface area contributed by atoms with Gasteiger partial charge in [-0.15, -0.1) is 10.2 Å². The first-order valence-corrected chi connectivity index (χ1v) is 5.19. The Bertz CT molecular complexity index is 354. The van der Waals surface area contributed by atoms with Crippen molar-refractivity contribution in [3.05, 3.63) is 12.1 Å². The number of rotatable bonds is 6. The minimum atomic E-state index is -0.0943. The van der Waals surface area contributed by atoms with Crippen molar-refractivity contribution in [2.24, 2.45) is 0 Å². The molecule has 7 heteroatoms. The van der Waals surface area contributed by atoms with Gasteiger partial charge in [-0.25, -0.2) is 0 Å². The fourth-order valence-electron chi connectivity index (χ4n) is 1.18. The molecule has 0 radical (unpaired) electrons. The molecule has 17 heavy (non-hydrogen) atoms. The number of anilines is 2. The Balaban J connectivity index is 2.40. The molecule has 7 nitrogen and oxygen atoms in total. The highest BCUT2D eigenvalue weighted by Crippen LogP contribution is 2.07. The van der Waals surface area contributed by atoms with Gasteiger partial charge in [0.1, 0.15) is 5.82 Å². The molecule has 0 unspecified atom stereocenters. The molecular weight excluding hydrogens is 222 g/mol. The maximum atomic E-state index is 11.5. The van der Waals surface area contributed by atoms with Crippen LogP contribution in [0.15, 0.2) is 12.1 Å². The maximum absolute atomic E-state index is 11.5. The summed E-state index contributed by atoms with van der Waals surface area (Å²) in [5.74, 6) is 0.857. The number of nitrogens with two attached hydrogens (primary N) is 1. The SMILES string of the molecule is COCCNC(=O)CN(C)c1ccc(N)nn1. The van der Waals surface area contributed by atoms with Crippen LogP contribution in [0.4, 0.5) is 11.6 Å². The molecule has 1 rings (SSSR count). The van der Waals surface area contributed by atoms with Gasteiger partial charge in [0.05, 0.1) is 13.2 Å². The Morgan fingerprint density at radius 1 is 1.53 bits per heavy atom. The highest BCUT2D eigenvalue weighted by atomic mass is 16.5. The monoisotopic (exact) mass is 239 g/mol. The lowest BCUT2D eigenvalue weighted by Gasteiger charge is -2.16. The van der Waals surface area contributed by atoms with Crippen LogP contribution in [-0.4, -0.2) is 50.0 Å². The van der Waals surface area contributed by atoms with E-state index in [2.05, 4.69) is 15.5 Å². The number of nitrogens with one attached hydrogen (secondary N) is 1. The molecule has 0 saturated carbocycles. The number of amides is 1. The molecule has 0 fully saturated rings. The first kappa shape index (κ1) is 13.2. The van der Waals surface area contributed by atoms with Gasteiger partial charge in [0.25, 0.3) is 0 Å². The molecule has 1 aromatic rings. The van der Waals surface area contributed by atoms with E-state index in [0.717, 1.165) is 0 Å². The third-order valence-electron chi connectivity index (χ3n) is 2.07. The number of nitrogens with zero attached hydrogens (tertiary/aromatic N) is 3. The number of hydrogen-bond acceptors (Lipinski definition) is 6. The van der Waals surface area contributed by atoms with Crippen LogP contribution < -0.4 is 16.0 Å². The molecule has 0 bridgehead atoms. The van der Waals surface area contributed by atoms with E-state index in [4.69, 9.17) is 10.5 Å². The highest BCUT2D eigenvalue weighted by Gasteiger charge is 2.08. The molecule has 94 valence electrons. The van der Waals surface area contributed by atoms with Crippen molar-refractivity contribution in [2.75, 3.05) is 44.5 Å². The Kier molecular flexibility index (Phi) is 5.15. The van der Waals surface area contributed by atoms with Gasteiger partial charge in [0.15, 0.2) is 5.82 Å². The standard InChI is InChI=1S/C10H17N5O2/c1-15(7-10(16)12-5-6-17-2)9-4-3-8(11)13-14-9/h3-4H,5-7H2,1-2H3,(H2,11,13)(H,12,16). The number of likely N-dealkylation sites (N-methyl/N-ethyl adjacent to an activating group) is 1. The van der Waals surface area contributed by atoms with Crippen molar-refractivity contribution in [1.29, 1.82) is 0 Å². The molecular formula is C10H17N5O2. The summed E-state index contributed by atoms with van der Waals surface area (Å²) >= 11 is 0. The van der Waals surface area contributed by atoms with Gasteiger partial charge in [0, 0.05) is 20.7 Å². The largest absolute Gasteiger partial charge is 0.383 e. The Hall–Kier alpha value is -1.89. The molecule has 0 aliphatic carbocycles. The van der Waals surface area contributed by atoms with E-state index in [0.29, 0.717) is 24.8 Å². The van der Waals surface area contributed by atoms with Crippen LogP contribution >= 0.6 is 0 Å². The van der Waals surface area contributed by atoms with E-state index in [-0.39, 0.29) is 12.5 Å². The number of hydrogen-bond donors (Lipinski definition) is 2. The van der Waals surface area contributed by atoms with Crippen molar-refractivity contribution in [3.63, 3.8) is 0 Å². The molecule has 0 aliphatic rings. The number of nitrogen functional groups attached to an aromatic ring is 1. The summed E-state index contributed by atoms with van der Waals surface area (Å²) in [7, 11) is 3.35. The lowest BCUT2D eigenvalue weighted by molar-refractivity contribution is -0.119. The third-order valence-corrected chi connectivity index (χ3v) is 2.07. The smallest absolute Gasteiger partial charge is 0.239 e. The van der Waals surface area contributed by atoms with E-state index in [1.165, 1.54) is 0 Å². The average Bonchev–Trinajstić information content (AvgIpc) is 2.30. The summed E-state index contributed by atoms with van der Waals surface area (Å²) in [6.07, 6.45) is 0. The summed E-state index contributed by atoms with van der Waals surface area (Å²) in [6, 6.07) is 3.35. The third kappa shape index (κ3) is 4.64. The molecule has 1 heterocycles. The van der Waals surface area contributed by atoms with Crippen LogP contribution in [0.5, 0.6) is 0 Å². The van der Waals surface area contributed by atoms with Crippen LogP contribution in [0, 0.1) is 0 Å². The first-order chi connectivity index (χ1) is 8.13. The molecule has 0 aliphatic heterocycles. The topological polar surface area (TPSA) is 93.4 Å². The summed E-state index contributed by atoms with van der Waals surface area (Å²) < 4.78 is 4.83. The van der Waals surface area contributed by atoms with Gasteiger partial charge in [-0.05, 0) is 12.1 Å². The number of carbonyl (C=O) groups excluding carboxylic acids is 1. The van der Waals surface area contributed by atoms with E-state index >= 15 is 0 Å². The zero-order valence-corrected chi connectivity index (χ0v) is 10.0. The predicted octanol–water partition coefficient (Wildman–Crippen LogP) is -0.742. The van der Waals surface area contributed by atoms with Crippen molar-refractivity contribution >= 4 is 17.5 Å². The predicted molar refractivity (Wildman–Crippen MR) is 64.6 cm³/mol. The summed E-state index contributed by atoms with van der Waals surface area (Å²) in [5, 5.41) is 10.3. The summed E-state index contributed by atoms with van der Waals surface area (Å²) in [4.78, 5) is 13.2. The van der Waals surface area contributed by atoms with Crippen LogP contribution in [0.3, 0.4) is 0 Å². The van der Waals surface area contributed by atoms with Crippen LogP contribution in [0.2, 0.25) is 0 Å². The molecule has 1 amide bonds. The van der Waals surface area contributed by atoms with E-state index < -0.39 is 0 Å². The molecule has 0 saturated heterocycles. The van der Waals surface area contributed by atoms with E-state index in [1.807, 2.05) is 0 Å². The number of ether oxygens (including phenoxy) is 1. The van der Waals surface area contributed by atoms with Crippen molar-refractivity contribution in [2.45, 2.75) is 0 Å². The quantitative estimate of drug-likeness (QED) is 0.635. The number of aromatic nitrogens is 2. The lowest BCUT2D eigenvalue weighted by Crippen LogP contribution is -2.37. The average molecular weight is 239 g/mol. The van der Waals surface area contributed by atoms with Gasteiger partial charge in [-0.1, -0.05) is 0 Å². The molecule has 0 atom stereocenters. The summed E-state index contributed by atoms with van der Waals surface area (Å²) in [6.45, 7) is 1.20. The Morgan fingerprint density at radius 2 is 2.29 bits per heavy atom. The van der Waals surface area contributed by atoms with Crippen molar-refractivity contribution < 1.29 is 9.53 Å². The van der Waals surface area contributed by atoms with E-state index in [9.17, 15) is 4.79 Å². The second-order valence-corrected chi connectivity index (χ2v) is 3.52. The fraction of sp³-hybridized carbons (Fsp3) is 0.500. The zero-order valence-electron chi connectivity index (χ0n) is 10.0. The Morgan fingerprint density at radius 3 is 2.88 bits per heavy atom. The zero-order chi connectivity index (χ0) is 12.7. The normalized spacial score (nSPS) is 10.0. The molecule has 3 N–H and O–H groups in total. The van der Waals surface area contributed by atoms with Gasteiger partial charge < -0.3 is 20.7 Å². The molecule has 0 spiro atoms. The Labute approximate surface area is 100.0 Å². The van der Waals surface area contributed by atoms with Crippen molar-refractivity contribution in [1.82, 2.24) is 15.5 Å². The molecule has 1 aromatic heterocycles. The van der Waals surface area contributed by atoms with Crippen LogP contribution in [-0.2, 0) is 9.53 Å². The van der Waals surface area contributed by atoms with Crippen LogP contribution in [0.1, 0.15) is 0 Å². The minimum absolute atomic E-state index is 0.0943. The summed E-state index contributed by atoms with van der Waals surface area (Å²) in [5.41, 5.74) is 5.42. The minimum Gasteiger partial charge on any atom is -0.383 e. The number of methoxy groups -OCH3 is 1. The maximum Gasteiger partial charge on any atom is 0.239 e. The van der Waals surface area contributed by atoms with Crippen LogP contribution in [0.25, 0.3) is 0 Å². The number of carbonyl (C=O) groups is 1. The van der Waals surface area contributed by atoms with Gasteiger partial charge in [0.2, 0.25) is 5.91 Å². The van der Waals surface area contributed by atoms with Crippen molar-refractivity contribution in [3.8, 4) is 0 Å². The highest BCUT2D eigenvalue weighted by molar-refractivity contribution is 5.80. The fourth-order valence-corrected chi connectivity index (χ4v) is 1.18. The van der Waals surface area contributed by atoms with Gasteiger partial charge >= 0.3 is 0 Å². The van der Waals surface area contributed by atoms with Gasteiger partial charge in [-0.3, -0.25) is 4.79 Å². The van der Waals surface area contributed by atoms with E-state index in [1.54, 1.807) is 31.2 Å².